The molecule has 7 heteroatoms. The van der Waals surface area contributed by atoms with Gasteiger partial charge in [0.15, 0.2) is 0 Å². The minimum absolute atomic E-state index is 0.0953. The predicted octanol–water partition coefficient (Wildman–Crippen LogP) is 3.19. The summed E-state index contributed by atoms with van der Waals surface area (Å²) in [5, 5.41) is 5.84. The highest BCUT2D eigenvalue weighted by molar-refractivity contribution is 7.13. The Bertz CT molecular complexity index is 1090. The zero-order valence-corrected chi connectivity index (χ0v) is 15.1. The number of hydrogen-bond donors (Lipinski definition) is 1. The zero-order chi connectivity index (χ0) is 18.2. The van der Waals surface area contributed by atoms with Crippen molar-refractivity contribution in [2.45, 2.75) is 12.5 Å². The first-order valence-corrected chi connectivity index (χ1v) is 9.56. The number of thiazole rings is 1. The zero-order valence-electron chi connectivity index (χ0n) is 14.3. The molecule has 1 atom stereocenters. The standard InChI is InChI=1S/C20H16N4O2S/c25-19(16-12-24-8-2-1-6-17(24)23-16)22-11-14-10-13-4-3-5-15(18(13)26-14)20-21-7-9-27-20/h1-9,12,14H,10-11H2,(H,22,25). The van der Waals surface area contributed by atoms with Crippen molar-refractivity contribution in [2.75, 3.05) is 6.54 Å². The van der Waals surface area contributed by atoms with E-state index in [1.54, 1.807) is 23.7 Å². The summed E-state index contributed by atoms with van der Waals surface area (Å²) in [6.07, 6.45) is 6.06. The van der Waals surface area contributed by atoms with Crippen molar-refractivity contribution in [1.29, 1.82) is 0 Å². The predicted molar refractivity (Wildman–Crippen MR) is 103 cm³/mol. The van der Waals surface area contributed by atoms with Crippen molar-refractivity contribution in [3.8, 4) is 16.3 Å². The van der Waals surface area contributed by atoms with E-state index < -0.39 is 0 Å². The number of ether oxygens (including phenoxy) is 1. The molecule has 3 aromatic heterocycles. The average molecular weight is 376 g/mol. The van der Waals surface area contributed by atoms with E-state index in [0.717, 1.165) is 34.0 Å². The number of hydrogen-bond acceptors (Lipinski definition) is 5. The van der Waals surface area contributed by atoms with Crippen LogP contribution in [0.5, 0.6) is 5.75 Å². The van der Waals surface area contributed by atoms with Gasteiger partial charge in [-0.3, -0.25) is 4.79 Å². The number of amides is 1. The maximum Gasteiger partial charge on any atom is 0.271 e. The summed E-state index contributed by atoms with van der Waals surface area (Å²) in [4.78, 5) is 21.2. The van der Waals surface area contributed by atoms with E-state index in [9.17, 15) is 4.79 Å². The Kier molecular flexibility index (Phi) is 3.86. The second-order valence-electron chi connectivity index (χ2n) is 6.38. The second kappa shape index (κ2) is 6.51. The van der Waals surface area contributed by atoms with Crippen LogP contribution in [0.2, 0.25) is 0 Å². The number of carbonyl (C=O) groups is 1. The van der Waals surface area contributed by atoms with Crippen LogP contribution >= 0.6 is 11.3 Å². The van der Waals surface area contributed by atoms with Gasteiger partial charge in [-0.25, -0.2) is 9.97 Å². The van der Waals surface area contributed by atoms with Gasteiger partial charge >= 0.3 is 0 Å². The lowest BCUT2D eigenvalue weighted by atomic mass is 10.1. The van der Waals surface area contributed by atoms with Crippen LogP contribution < -0.4 is 10.1 Å². The van der Waals surface area contributed by atoms with Crippen LogP contribution in [0.3, 0.4) is 0 Å². The first-order valence-electron chi connectivity index (χ1n) is 8.68. The molecule has 4 aromatic rings. The minimum Gasteiger partial charge on any atom is -0.487 e. The fourth-order valence-corrected chi connectivity index (χ4v) is 3.98. The number of para-hydroxylation sites is 1. The fourth-order valence-electron chi connectivity index (χ4n) is 3.32. The third-order valence-corrected chi connectivity index (χ3v) is 5.38. The number of aromatic nitrogens is 3. The van der Waals surface area contributed by atoms with E-state index in [0.29, 0.717) is 12.2 Å². The summed E-state index contributed by atoms with van der Waals surface area (Å²) >= 11 is 1.59. The molecule has 1 amide bonds. The van der Waals surface area contributed by atoms with Gasteiger partial charge in [0.2, 0.25) is 0 Å². The molecule has 1 N–H and O–H groups in total. The monoisotopic (exact) mass is 376 g/mol. The Morgan fingerprint density at radius 2 is 2.26 bits per heavy atom. The van der Waals surface area contributed by atoms with Gasteiger partial charge in [-0.1, -0.05) is 18.2 Å². The molecule has 0 bridgehead atoms. The smallest absolute Gasteiger partial charge is 0.271 e. The van der Waals surface area contributed by atoms with Crippen LogP contribution in [0.15, 0.2) is 60.4 Å². The third kappa shape index (κ3) is 2.96. The summed E-state index contributed by atoms with van der Waals surface area (Å²) in [5.41, 5.74) is 3.31. The molecule has 1 aliphatic heterocycles. The molecule has 0 fully saturated rings. The van der Waals surface area contributed by atoms with Crippen LogP contribution in [-0.2, 0) is 6.42 Å². The molecule has 27 heavy (non-hydrogen) atoms. The first-order chi connectivity index (χ1) is 13.3. The Morgan fingerprint density at radius 3 is 3.11 bits per heavy atom. The number of nitrogens with one attached hydrogen (secondary N) is 1. The van der Waals surface area contributed by atoms with Gasteiger partial charge in [0.1, 0.15) is 28.2 Å². The molecule has 0 radical (unpaired) electrons. The van der Waals surface area contributed by atoms with E-state index >= 15 is 0 Å². The van der Waals surface area contributed by atoms with Gasteiger partial charge in [0.05, 0.1) is 12.1 Å². The van der Waals surface area contributed by atoms with Gasteiger partial charge in [-0.2, -0.15) is 0 Å². The average Bonchev–Trinajstić information content (AvgIpc) is 3.44. The summed E-state index contributed by atoms with van der Waals surface area (Å²) in [6, 6.07) is 11.8. The lowest BCUT2D eigenvalue weighted by molar-refractivity contribution is 0.0929. The maximum atomic E-state index is 12.4. The fraction of sp³-hybridized carbons (Fsp3) is 0.150. The highest BCUT2D eigenvalue weighted by atomic mass is 32.1. The molecule has 0 spiro atoms. The highest BCUT2D eigenvalue weighted by Crippen LogP contribution is 2.39. The summed E-state index contributed by atoms with van der Waals surface area (Å²) < 4.78 is 7.96. The molecule has 1 unspecified atom stereocenters. The van der Waals surface area contributed by atoms with Gasteiger partial charge in [-0.05, 0) is 23.8 Å². The molecule has 5 rings (SSSR count). The Morgan fingerprint density at radius 1 is 1.30 bits per heavy atom. The topological polar surface area (TPSA) is 68.5 Å². The van der Waals surface area contributed by atoms with Crippen molar-refractivity contribution in [3.05, 3.63) is 71.6 Å². The second-order valence-corrected chi connectivity index (χ2v) is 7.27. The van der Waals surface area contributed by atoms with Crippen molar-refractivity contribution in [3.63, 3.8) is 0 Å². The molecule has 134 valence electrons. The normalized spacial score (nSPS) is 15.5. The number of rotatable bonds is 4. The highest BCUT2D eigenvalue weighted by Gasteiger charge is 2.27. The molecule has 0 saturated heterocycles. The maximum absolute atomic E-state index is 12.4. The summed E-state index contributed by atoms with van der Waals surface area (Å²) in [5.74, 6) is 0.679. The lowest BCUT2D eigenvalue weighted by Gasteiger charge is -2.12. The molecule has 1 aliphatic rings. The minimum atomic E-state index is -0.196. The van der Waals surface area contributed by atoms with Crippen molar-refractivity contribution in [1.82, 2.24) is 19.7 Å². The Balaban J connectivity index is 1.28. The molecule has 0 aliphatic carbocycles. The quantitative estimate of drug-likeness (QED) is 0.594. The largest absolute Gasteiger partial charge is 0.487 e. The van der Waals surface area contributed by atoms with E-state index in [1.807, 2.05) is 46.3 Å². The SMILES string of the molecule is O=C(NCC1Cc2cccc(-c3nccs3)c2O1)c1cn2ccccc2n1. The number of imidazole rings is 1. The van der Waals surface area contributed by atoms with Crippen molar-refractivity contribution >= 4 is 22.9 Å². The van der Waals surface area contributed by atoms with Crippen molar-refractivity contribution in [2.24, 2.45) is 0 Å². The molecular formula is C20H16N4O2S. The molecule has 6 nitrogen and oxygen atoms in total. The number of nitrogens with zero attached hydrogens (tertiary/aromatic N) is 3. The molecular weight excluding hydrogens is 360 g/mol. The summed E-state index contributed by atoms with van der Waals surface area (Å²) in [7, 11) is 0. The van der Waals surface area contributed by atoms with Crippen molar-refractivity contribution < 1.29 is 9.53 Å². The molecule has 4 heterocycles. The van der Waals surface area contributed by atoms with E-state index in [-0.39, 0.29) is 12.0 Å². The Labute approximate surface area is 159 Å². The van der Waals surface area contributed by atoms with Gasteiger partial charge in [-0.15, -0.1) is 11.3 Å². The number of fused-ring (bicyclic) bond motifs is 2. The number of pyridine rings is 1. The Hall–Kier alpha value is -3.19. The van der Waals surface area contributed by atoms with Crippen LogP contribution in [0.25, 0.3) is 16.2 Å². The summed E-state index contributed by atoms with van der Waals surface area (Å²) in [6.45, 7) is 0.429. The van der Waals surface area contributed by atoms with Crippen LogP contribution in [0, 0.1) is 0 Å². The van der Waals surface area contributed by atoms with Gasteiger partial charge < -0.3 is 14.5 Å². The van der Waals surface area contributed by atoms with Gasteiger partial charge in [0.25, 0.3) is 5.91 Å². The third-order valence-electron chi connectivity index (χ3n) is 4.58. The van der Waals surface area contributed by atoms with E-state index in [4.69, 9.17) is 4.74 Å². The van der Waals surface area contributed by atoms with Crippen LogP contribution in [-0.4, -0.2) is 32.9 Å². The van der Waals surface area contributed by atoms with Gasteiger partial charge in [0, 0.05) is 30.4 Å². The number of carbonyl (C=O) groups excluding carboxylic acids is 1. The molecule has 0 saturated carbocycles. The van der Waals surface area contributed by atoms with E-state index in [2.05, 4.69) is 21.4 Å². The number of benzene rings is 1. The van der Waals surface area contributed by atoms with Crippen LogP contribution in [0.4, 0.5) is 0 Å². The van der Waals surface area contributed by atoms with Crippen LogP contribution in [0.1, 0.15) is 16.1 Å². The van der Waals surface area contributed by atoms with E-state index in [1.165, 1.54) is 0 Å². The molecule has 1 aromatic carbocycles. The lowest BCUT2D eigenvalue weighted by Crippen LogP contribution is -2.34. The first kappa shape index (κ1) is 16.0.